The molecular weight excluding hydrogens is 428 g/mol. The molecule has 5 fully saturated rings. The van der Waals surface area contributed by atoms with E-state index in [1.54, 1.807) is 0 Å². The molecule has 2 atom stereocenters. The van der Waals surface area contributed by atoms with Crippen molar-refractivity contribution in [3.05, 3.63) is 35.4 Å². The van der Waals surface area contributed by atoms with E-state index in [0.717, 1.165) is 43.2 Å². The van der Waals surface area contributed by atoms with Crippen LogP contribution < -0.4 is 5.32 Å². The minimum atomic E-state index is -3.43. The fraction of sp³-hybridized carbons (Fsp3) is 0.708. The molecule has 176 valence electrons. The van der Waals surface area contributed by atoms with E-state index in [9.17, 15) is 18.3 Å². The summed E-state index contributed by atoms with van der Waals surface area (Å²) in [5.74, 6) is 1.04. The van der Waals surface area contributed by atoms with Crippen LogP contribution in [0.1, 0.15) is 56.1 Å². The number of sulfonamides is 1. The van der Waals surface area contributed by atoms with Gasteiger partial charge in [-0.05, 0) is 66.9 Å². The lowest BCUT2D eigenvalue weighted by Gasteiger charge is -2.60. The Morgan fingerprint density at radius 1 is 1.09 bits per heavy atom. The van der Waals surface area contributed by atoms with E-state index in [1.807, 2.05) is 24.3 Å². The fourth-order valence-corrected chi connectivity index (χ4v) is 8.75. The van der Waals surface area contributed by atoms with Crippen LogP contribution in [0, 0.1) is 17.3 Å². The van der Waals surface area contributed by atoms with Crippen LogP contribution in [0.2, 0.25) is 0 Å². The van der Waals surface area contributed by atoms with Gasteiger partial charge in [-0.25, -0.2) is 8.42 Å². The molecule has 1 amide bonds. The number of amides is 1. The number of hydrogen-bond donors (Lipinski definition) is 2. The second-order valence-corrected chi connectivity index (χ2v) is 12.6. The van der Waals surface area contributed by atoms with E-state index in [0.29, 0.717) is 51.1 Å². The molecule has 1 saturated heterocycles. The van der Waals surface area contributed by atoms with Crippen molar-refractivity contribution in [2.45, 2.75) is 62.8 Å². The average molecular weight is 463 g/mol. The van der Waals surface area contributed by atoms with Crippen molar-refractivity contribution in [1.29, 1.82) is 0 Å². The maximum absolute atomic E-state index is 12.9. The number of nitrogens with zero attached hydrogens (tertiary/aromatic N) is 1. The van der Waals surface area contributed by atoms with Crippen LogP contribution in [-0.4, -0.2) is 55.6 Å². The van der Waals surface area contributed by atoms with Gasteiger partial charge in [0, 0.05) is 26.1 Å². The number of morpholine rings is 1. The second kappa shape index (κ2) is 8.38. The number of carbonyl (C=O) groups excluding carboxylic acids is 1. The van der Waals surface area contributed by atoms with Crippen molar-refractivity contribution in [2.24, 2.45) is 17.3 Å². The highest BCUT2D eigenvalue weighted by Gasteiger charge is 2.57. The van der Waals surface area contributed by atoms with Gasteiger partial charge >= 0.3 is 0 Å². The number of benzene rings is 1. The quantitative estimate of drug-likeness (QED) is 0.648. The third-order valence-corrected chi connectivity index (χ3v) is 9.81. The Kier molecular flexibility index (Phi) is 5.85. The first-order valence-corrected chi connectivity index (χ1v) is 13.5. The summed E-state index contributed by atoms with van der Waals surface area (Å²) in [5.41, 5.74) is 0.928. The predicted molar refractivity (Wildman–Crippen MR) is 120 cm³/mol. The van der Waals surface area contributed by atoms with Crippen molar-refractivity contribution in [1.82, 2.24) is 9.62 Å². The summed E-state index contributed by atoms with van der Waals surface area (Å²) in [4.78, 5) is 12.9. The average Bonchev–Trinajstić information content (AvgIpc) is 2.71. The van der Waals surface area contributed by atoms with Crippen molar-refractivity contribution in [2.75, 3.05) is 26.3 Å². The topological polar surface area (TPSA) is 95.9 Å². The zero-order valence-electron chi connectivity index (χ0n) is 18.6. The standard InChI is InChI=1S/C24H34N2O5S/c27-22(14-23-10-18-9-19(11-23)13-24(28,12-18)17-23)25-15-20-3-1-2-4-21(20)16-32(29,30)26-5-7-31-8-6-26/h1-4,18-19,28H,5-17H2,(H,25,27)/t18-,19-,23?,24?/m1/s1. The summed E-state index contributed by atoms with van der Waals surface area (Å²) in [6.45, 7) is 1.95. The molecule has 1 aromatic rings. The first kappa shape index (κ1) is 22.3. The highest BCUT2D eigenvalue weighted by molar-refractivity contribution is 7.88. The van der Waals surface area contributed by atoms with Gasteiger partial charge in [-0.3, -0.25) is 4.79 Å². The van der Waals surface area contributed by atoms with Gasteiger partial charge < -0.3 is 15.2 Å². The minimum absolute atomic E-state index is 0.00129. The summed E-state index contributed by atoms with van der Waals surface area (Å²) in [6.07, 6.45) is 6.30. The Balaban J connectivity index is 1.22. The Hall–Kier alpha value is -1.48. The van der Waals surface area contributed by atoms with E-state index in [4.69, 9.17) is 4.74 Å². The van der Waals surface area contributed by atoms with Gasteiger partial charge in [0.05, 0.1) is 24.6 Å². The zero-order valence-corrected chi connectivity index (χ0v) is 19.4. The molecule has 0 aromatic heterocycles. The molecule has 6 rings (SSSR count). The Bertz CT molecular complexity index is 958. The van der Waals surface area contributed by atoms with Crippen LogP contribution >= 0.6 is 0 Å². The molecule has 5 aliphatic rings. The lowest BCUT2D eigenvalue weighted by atomic mass is 9.47. The minimum Gasteiger partial charge on any atom is -0.390 e. The summed E-state index contributed by atoms with van der Waals surface area (Å²) in [5, 5.41) is 14.0. The van der Waals surface area contributed by atoms with Gasteiger partial charge in [-0.2, -0.15) is 4.31 Å². The number of carbonyl (C=O) groups is 1. The summed E-state index contributed by atoms with van der Waals surface area (Å²) >= 11 is 0. The van der Waals surface area contributed by atoms with Crippen molar-refractivity contribution in [3.63, 3.8) is 0 Å². The smallest absolute Gasteiger partial charge is 0.220 e. The molecular formula is C24H34N2O5S. The largest absolute Gasteiger partial charge is 0.390 e. The van der Waals surface area contributed by atoms with Crippen molar-refractivity contribution < 1.29 is 23.1 Å². The van der Waals surface area contributed by atoms with Crippen LogP contribution in [0.4, 0.5) is 0 Å². The number of nitrogens with one attached hydrogen (secondary N) is 1. The van der Waals surface area contributed by atoms with Crippen LogP contribution in [0.3, 0.4) is 0 Å². The molecule has 4 bridgehead atoms. The summed E-state index contributed by atoms with van der Waals surface area (Å²) in [6, 6.07) is 7.43. The first-order chi connectivity index (χ1) is 15.2. The lowest BCUT2D eigenvalue weighted by Crippen LogP contribution is -2.56. The van der Waals surface area contributed by atoms with Crippen LogP contribution in [0.15, 0.2) is 24.3 Å². The predicted octanol–water partition coefficient (Wildman–Crippen LogP) is 2.19. The molecule has 0 unspecified atom stereocenters. The number of ether oxygens (including phenoxy) is 1. The molecule has 0 radical (unpaired) electrons. The summed E-state index contributed by atoms with van der Waals surface area (Å²) in [7, 11) is -3.43. The van der Waals surface area contributed by atoms with E-state index in [2.05, 4.69) is 5.32 Å². The van der Waals surface area contributed by atoms with Gasteiger partial charge in [0.1, 0.15) is 0 Å². The van der Waals surface area contributed by atoms with Gasteiger partial charge in [0.15, 0.2) is 0 Å². The number of hydrogen-bond acceptors (Lipinski definition) is 5. The maximum atomic E-state index is 12.9. The van der Waals surface area contributed by atoms with Gasteiger partial charge in [0.25, 0.3) is 0 Å². The second-order valence-electron chi connectivity index (χ2n) is 10.7. The molecule has 1 aliphatic heterocycles. The molecule has 4 saturated carbocycles. The van der Waals surface area contributed by atoms with Gasteiger partial charge in [-0.15, -0.1) is 0 Å². The van der Waals surface area contributed by atoms with Crippen LogP contribution in [0.25, 0.3) is 0 Å². The fourth-order valence-electron chi connectivity index (χ4n) is 7.19. The Morgan fingerprint density at radius 2 is 1.75 bits per heavy atom. The highest BCUT2D eigenvalue weighted by atomic mass is 32.2. The molecule has 4 aliphatic carbocycles. The highest BCUT2D eigenvalue weighted by Crippen LogP contribution is 2.62. The maximum Gasteiger partial charge on any atom is 0.220 e. The zero-order chi connectivity index (χ0) is 22.4. The van der Waals surface area contributed by atoms with E-state index in [1.165, 1.54) is 10.7 Å². The normalized spacial score (nSPS) is 34.5. The lowest BCUT2D eigenvalue weighted by molar-refractivity contribution is -0.169. The molecule has 1 aromatic carbocycles. The van der Waals surface area contributed by atoms with E-state index in [-0.39, 0.29) is 17.1 Å². The van der Waals surface area contributed by atoms with Crippen LogP contribution in [0.5, 0.6) is 0 Å². The molecule has 7 nitrogen and oxygen atoms in total. The van der Waals surface area contributed by atoms with Gasteiger partial charge in [0.2, 0.25) is 15.9 Å². The first-order valence-electron chi connectivity index (χ1n) is 11.9. The molecule has 32 heavy (non-hydrogen) atoms. The van der Waals surface area contributed by atoms with E-state index < -0.39 is 15.6 Å². The van der Waals surface area contributed by atoms with Crippen LogP contribution in [-0.2, 0) is 31.9 Å². The molecule has 8 heteroatoms. The number of rotatable bonds is 7. The Labute approximate surface area is 190 Å². The number of aliphatic hydroxyl groups is 1. The van der Waals surface area contributed by atoms with Crippen molar-refractivity contribution >= 4 is 15.9 Å². The third-order valence-electron chi connectivity index (χ3n) is 7.98. The summed E-state index contributed by atoms with van der Waals surface area (Å²) < 4.78 is 32.5. The van der Waals surface area contributed by atoms with Gasteiger partial charge in [-0.1, -0.05) is 24.3 Å². The molecule has 0 spiro atoms. The van der Waals surface area contributed by atoms with E-state index >= 15 is 0 Å². The SMILES string of the molecule is O=C(CC12C[C@H]3C[C@@H](CC(O)(C3)C1)C2)NCc1ccccc1CS(=O)(=O)N1CCOCC1. The molecule has 2 N–H and O–H groups in total. The monoisotopic (exact) mass is 462 g/mol. The third kappa shape index (κ3) is 4.60. The Morgan fingerprint density at radius 3 is 2.41 bits per heavy atom. The van der Waals surface area contributed by atoms with Crippen molar-refractivity contribution in [3.8, 4) is 0 Å². The molecule has 1 heterocycles.